The molecule has 1 aromatic heterocycles. The standard InChI is InChI=1S/C15H19NO2/c1-11-4-5-13(9-15(11)17-3)14(16-2)8-12-6-7-18-10-12/h4-7,9-10,14,16H,8H2,1-3H3. The third-order valence-electron chi connectivity index (χ3n) is 3.20. The number of ether oxygens (including phenoxy) is 1. The minimum atomic E-state index is 0.261. The van der Waals surface area contributed by atoms with Crippen LogP contribution in [-0.2, 0) is 6.42 Å². The number of hydrogen-bond donors (Lipinski definition) is 1. The van der Waals surface area contributed by atoms with Gasteiger partial charge in [0.1, 0.15) is 5.75 Å². The van der Waals surface area contributed by atoms with Crippen molar-refractivity contribution in [2.24, 2.45) is 0 Å². The molecule has 0 radical (unpaired) electrons. The van der Waals surface area contributed by atoms with Gasteiger partial charge in [0, 0.05) is 6.04 Å². The molecule has 1 N–H and O–H groups in total. The second kappa shape index (κ2) is 5.74. The molecule has 2 aromatic rings. The number of methoxy groups -OCH3 is 1. The largest absolute Gasteiger partial charge is 0.496 e. The van der Waals surface area contributed by atoms with Crippen molar-refractivity contribution in [3.05, 3.63) is 53.5 Å². The fourth-order valence-electron chi connectivity index (χ4n) is 2.08. The van der Waals surface area contributed by atoms with Crippen LogP contribution in [0.25, 0.3) is 0 Å². The van der Waals surface area contributed by atoms with Crippen LogP contribution < -0.4 is 10.1 Å². The lowest BCUT2D eigenvalue weighted by molar-refractivity contribution is 0.410. The van der Waals surface area contributed by atoms with E-state index in [1.165, 1.54) is 11.1 Å². The van der Waals surface area contributed by atoms with Gasteiger partial charge in [-0.25, -0.2) is 0 Å². The fourth-order valence-corrected chi connectivity index (χ4v) is 2.08. The Morgan fingerprint density at radius 1 is 1.33 bits per heavy atom. The lowest BCUT2D eigenvalue weighted by Crippen LogP contribution is -2.18. The summed E-state index contributed by atoms with van der Waals surface area (Å²) in [6.45, 7) is 2.05. The molecule has 0 aliphatic carbocycles. The summed E-state index contributed by atoms with van der Waals surface area (Å²) in [7, 11) is 3.67. The maximum absolute atomic E-state index is 5.37. The number of rotatable bonds is 5. The molecule has 3 heteroatoms. The maximum atomic E-state index is 5.37. The highest BCUT2D eigenvalue weighted by atomic mass is 16.5. The summed E-state index contributed by atoms with van der Waals surface area (Å²) >= 11 is 0. The number of likely N-dealkylation sites (N-methyl/N-ethyl adjacent to an activating group) is 1. The Bertz CT molecular complexity index is 491. The molecule has 0 saturated heterocycles. The van der Waals surface area contributed by atoms with E-state index in [0.717, 1.165) is 17.7 Å². The lowest BCUT2D eigenvalue weighted by atomic mass is 9.99. The quantitative estimate of drug-likeness (QED) is 0.879. The molecule has 96 valence electrons. The fraction of sp³-hybridized carbons (Fsp3) is 0.333. The van der Waals surface area contributed by atoms with Crippen molar-refractivity contribution >= 4 is 0 Å². The Morgan fingerprint density at radius 3 is 2.78 bits per heavy atom. The highest BCUT2D eigenvalue weighted by Crippen LogP contribution is 2.25. The molecule has 0 spiro atoms. The van der Waals surface area contributed by atoms with Crippen LogP contribution in [0.2, 0.25) is 0 Å². The van der Waals surface area contributed by atoms with Crippen molar-refractivity contribution in [1.29, 1.82) is 0 Å². The van der Waals surface area contributed by atoms with E-state index in [1.807, 2.05) is 20.0 Å². The van der Waals surface area contributed by atoms with Gasteiger partial charge in [-0.05, 0) is 49.2 Å². The molecule has 1 heterocycles. The molecular formula is C15H19NO2. The maximum Gasteiger partial charge on any atom is 0.122 e. The summed E-state index contributed by atoms with van der Waals surface area (Å²) in [5.74, 6) is 0.931. The summed E-state index contributed by atoms with van der Waals surface area (Å²) in [5, 5.41) is 3.33. The number of aryl methyl sites for hydroxylation is 1. The summed E-state index contributed by atoms with van der Waals surface area (Å²) in [4.78, 5) is 0. The molecule has 0 aliphatic heterocycles. The monoisotopic (exact) mass is 245 g/mol. The topological polar surface area (TPSA) is 34.4 Å². The Kier molecular flexibility index (Phi) is 4.05. The molecule has 0 fully saturated rings. The van der Waals surface area contributed by atoms with Gasteiger partial charge in [0.25, 0.3) is 0 Å². The summed E-state index contributed by atoms with van der Waals surface area (Å²) in [6.07, 6.45) is 4.40. The van der Waals surface area contributed by atoms with Crippen LogP contribution in [0.4, 0.5) is 0 Å². The van der Waals surface area contributed by atoms with Crippen LogP contribution in [-0.4, -0.2) is 14.2 Å². The van der Waals surface area contributed by atoms with E-state index in [1.54, 1.807) is 19.6 Å². The predicted octanol–water partition coefficient (Wildman–Crippen LogP) is 3.10. The molecule has 2 rings (SSSR count). The molecule has 0 amide bonds. The molecule has 1 atom stereocenters. The predicted molar refractivity (Wildman–Crippen MR) is 71.9 cm³/mol. The Balaban J connectivity index is 2.21. The van der Waals surface area contributed by atoms with E-state index in [2.05, 4.69) is 23.5 Å². The smallest absolute Gasteiger partial charge is 0.122 e. The van der Waals surface area contributed by atoms with Crippen LogP contribution in [0, 0.1) is 6.92 Å². The van der Waals surface area contributed by atoms with Crippen molar-refractivity contribution < 1.29 is 9.15 Å². The number of furan rings is 1. The number of benzene rings is 1. The van der Waals surface area contributed by atoms with Gasteiger partial charge in [0.2, 0.25) is 0 Å². The van der Waals surface area contributed by atoms with Gasteiger partial charge in [-0.3, -0.25) is 0 Å². The average Bonchev–Trinajstić information content (AvgIpc) is 2.89. The third-order valence-corrected chi connectivity index (χ3v) is 3.20. The first-order valence-corrected chi connectivity index (χ1v) is 6.07. The zero-order valence-electron chi connectivity index (χ0n) is 11.1. The van der Waals surface area contributed by atoms with Gasteiger partial charge in [-0.15, -0.1) is 0 Å². The first-order valence-electron chi connectivity index (χ1n) is 6.07. The molecule has 18 heavy (non-hydrogen) atoms. The van der Waals surface area contributed by atoms with Crippen LogP contribution in [0.15, 0.2) is 41.2 Å². The zero-order valence-corrected chi connectivity index (χ0v) is 11.1. The Hall–Kier alpha value is -1.74. The van der Waals surface area contributed by atoms with E-state index in [4.69, 9.17) is 9.15 Å². The van der Waals surface area contributed by atoms with Crippen LogP contribution >= 0.6 is 0 Å². The molecule has 0 saturated carbocycles. The van der Waals surface area contributed by atoms with Crippen LogP contribution in [0.1, 0.15) is 22.7 Å². The first-order chi connectivity index (χ1) is 8.74. The normalized spacial score (nSPS) is 12.4. The van der Waals surface area contributed by atoms with E-state index in [0.29, 0.717) is 0 Å². The molecular weight excluding hydrogens is 226 g/mol. The number of hydrogen-bond acceptors (Lipinski definition) is 3. The van der Waals surface area contributed by atoms with Gasteiger partial charge in [0.15, 0.2) is 0 Å². The van der Waals surface area contributed by atoms with E-state index >= 15 is 0 Å². The molecule has 1 unspecified atom stereocenters. The van der Waals surface area contributed by atoms with Gasteiger partial charge >= 0.3 is 0 Å². The van der Waals surface area contributed by atoms with Crippen molar-refractivity contribution in [1.82, 2.24) is 5.32 Å². The van der Waals surface area contributed by atoms with Gasteiger partial charge in [-0.1, -0.05) is 12.1 Å². The first kappa shape index (κ1) is 12.7. The van der Waals surface area contributed by atoms with Crippen molar-refractivity contribution in [2.45, 2.75) is 19.4 Å². The Morgan fingerprint density at radius 2 is 2.17 bits per heavy atom. The minimum Gasteiger partial charge on any atom is -0.496 e. The second-order valence-electron chi connectivity index (χ2n) is 4.41. The highest BCUT2D eigenvalue weighted by molar-refractivity contribution is 5.38. The van der Waals surface area contributed by atoms with Crippen molar-refractivity contribution in [3.8, 4) is 5.75 Å². The summed E-state index contributed by atoms with van der Waals surface area (Å²) < 4.78 is 10.5. The van der Waals surface area contributed by atoms with Crippen LogP contribution in [0.3, 0.4) is 0 Å². The summed E-state index contributed by atoms with van der Waals surface area (Å²) in [6, 6.07) is 8.58. The van der Waals surface area contributed by atoms with Gasteiger partial charge in [0.05, 0.1) is 19.6 Å². The lowest BCUT2D eigenvalue weighted by Gasteiger charge is -2.17. The highest BCUT2D eigenvalue weighted by Gasteiger charge is 2.12. The molecule has 0 aliphatic rings. The van der Waals surface area contributed by atoms with Crippen LogP contribution in [0.5, 0.6) is 5.75 Å². The van der Waals surface area contributed by atoms with Gasteiger partial charge < -0.3 is 14.5 Å². The third kappa shape index (κ3) is 2.74. The second-order valence-corrected chi connectivity index (χ2v) is 4.41. The SMILES string of the molecule is CNC(Cc1ccoc1)c1ccc(C)c(OC)c1. The minimum absolute atomic E-state index is 0.261. The van der Waals surface area contributed by atoms with E-state index in [-0.39, 0.29) is 6.04 Å². The van der Waals surface area contributed by atoms with Crippen molar-refractivity contribution in [3.63, 3.8) is 0 Å². The average molecular weight is 245 g/mol. The molecule has 0 bridgehead atoms. The van der Waals surface area contributed by atoms with Crippen molar-refractivity contribution in [2.75, 3.05) is 14.2 Å². The molecule has 3 nitrogen and oxygen atoms in total. The van der Waals surface area contributed by atoms with E-state index < -0.39 is 0 Å². The van der Waals surface area contributed by atoms with E-state index in [9.17, 15) is 0 Å². The zero-order chi connectivity index (χ0) is 13.0. The van der Waals surface area contributed by atoms with Gasteiger partial charge in [-0.2, -0.15) is 0 Å². The summed E-state index contributed by atoms with van der Waals surface area (Å²) in [5.41, 5.74) is 3.56. The number of nitrogens with one attached hydrogen (secondary N) is 1. The molecule has 1 aromatic carbocycles. The Labute approximate surface area is 108 Å².